The molecule has 1 spiro atoms. The lowest BCUT2D eigenvalue weighted by Gasteiger charge is -2.40. The highest BCUT2D eigenvalue weighted by atomic mass is 32.1. The van der Waals surface area contributed by atoms with Crippen molar-refractivity contribution in [2.45, 2.75) is 64.5 Å². The van der Waals surface area contributed by atoms with Crippen LogP contribution in [0.5, 0.6) is 5.75 Å². The van der Waals surface area contributed by atoms with Crippen LogP contribution in [0.15, 0.2) is 35.3 Å². The maximum Gasteiger partial charge on any atom is 0.176 e. The number of amidine groups is 1. The molecule has 0 bridgehead atoms. The largest absolute Gasteiger partial charge is 0.491 e. The van der Waals surface area contributed by atoms with Gasteiger partial charge < -0.3 is 15.0 Å². The van der Waals surface area contributed by atoms with Gasteiger partial charge in [0, 0.05) is 0 Å². The van der Waals surface area contributed by atoms with E-state index in [1.807, 2.05) is 30.3 Å². The number of hydrogen-bond donors (Lipinski definition) is 1. The number of nitrogens with one attached hydrogen (secondary N) is 1. The minimum Gasteiger partial charge on any atom is -0.491 e. The van der Waals surface area contributed by atoms with Crippen molar-refractivity contribution in [2.24, 2.45) is 10.4 Å². The first-order chi connectivity index (χ1) is 13.4. The zero-order chi connectivity index (χ0) is 20.2. The number of benzene rings is 1. The van der Waals surface area contributed by atoms with Gasteiger partial charge in [0.15, 0.2) is 5.11 Å². The molecule has 1 aromatic rings. The van der Waals surface area contributed by atoms with E-state index in [2.05, 4.69) is 37.1 Å². The highest BCUT2D eigenvalue weighted by Crippen LogP contribution is 2.38. The Hall–Kier alpha value is -2.13. The lowest BCUT2D eigenvalue weighted by molar-refractivity contribution is 0.196. The Kier molecular flexibility index (Phi) is 6.24. The van der Waals surface area contributed by atoms with Crippen molar-refractivity contribution in [3.8, 4) is 11.8 Å². The number of nitrogens with zero attached hydrogens (tertiary/aromatic N) is 3. The first kappa shape index (κ1) is 20.6. The minimum absolute atomic E-state index is 0.0288. The van der Waals surface area contributed by atoms with Gasteiger partial charge in [0.2, 0.25) is 0 Å². The molecule has 1 atom stereocenters. The summed E-state index contributed by atoms with van der Waals surface area (Å²) in [5.41, 5.74) is -0.328. The number of rotatable bonds is 5. The van der Waals surface area contributed by atoms with Crippen molar-refractivity contribution >= 4 is 23.2 Å². The van der Waals surface area contributed by atoms with E-state index < -0.39 is 0 Å². The molecule has 3 rings (SSSR count). The Morgan fingerprint density at radius 3 is 2.54 bits per heavy atom. The molecule has 0 radical (unpaired) electrons. The van der Waals surface area contributed by atoms with Crippen molar-refractivity contribution in [1.29, 1.82) is 5.26 Å². The monoisotopic (exact) mass is 398 g/mol. The Morgan fingerprint density at radius 2 is 1.93 bits per heavy atom. The maximum absolute atomic E-state index is 9.33. The molecule has 2 aliphatic rings. The maximum atomic E-state index is 9.33. The summed E-state index contributed by atoms with van der Waals surface area (Å²) in [5.74, 6) is 1.77. The van der Waals surface area contributed by atoms with E-state index >= 15 is 0 Å². The first-order valence-corrected chi connectivity index (χ1v) is 10.5. The van der Waals surface area contributed by atoms with E-state index in [1.165, 1.54) is 6.42 Å². The third-order valence-corrected chi connectivity index (χ3v) is 6.10. The Labute approximate surface area is 173 Å². The molecule has 5 nitrogen and oxygen atoms in total. The molecule has 0 amide bonds. The normalized spacial score (nSPS) is 21.4. The fourth-order valence-electron chi connectivity index (χ4n) is 4.03. The van der Waals surface area contributed by atoms with Crippen LogP contribution >= 0.6 is 12.2 Å². The Morgan fingerprint density at radius 1 is 1.25 bits per heavy atom. The minimum atomic E-state index is -0.263. The van der Waals surface area contributed by atoms with Crippen molar-refractivity contribution in [2.75, 3.05) is 13.2 Å². The van der Waals surface area contributed by atoms with Crippen LogP contribution in [0, 0.1) is 16.7 Å². The van der Waals surface area contributed by atoms with Crippen LogP contribution in [0.25, 0.3) is 0 Å². The van der Waals surface area contributed by atoms with Crippen LogP contribution in [0.4, 0.5) is 0 Å². The van der Waals surface area contributed by atoms with Crippen LogP contribution in [-0.2, 0) is 0 Å². The van der Waals surface area contributed by atoms with Crippen LogP contribution in [0.1, 0.15) is 52.9 Å². The van der Waals surface area contributed by atoms with Crippen molar-refractivity contribution in [1.82, 2.24) is 10.2 Å². The van der Waals surface area contributed by atoms with E-state index in [-0.39, 0.29) is 17.0 Å². The molecule has 1 saturated heterocycles. The first-order valence-electron chi connectivity index (χ1n) is 10.1. The third kappa shape index (κ3) is 4.30. The van der Waals surface area contributed by atoms with Crippen LogP contribution in [-0.4, -0.2) is 40.6 Å². The molecule has 0 aromatic heterocycles. The Bertz CT molecular complexity index is 757. The molecule has 2 fully saturated rings. The highest BCUT2D eigenvalue weighted by Gasteiger charge is 2.49. The van der Waals surface area contributed by atoms with E-state index in [1.54, 1.807) is 0 Å². The van der Waals surface area contributed by atoms with Gasteiger partial charge in [0.25, 0.3) is 0 Å². The molecule has 1 saturated carbocycles. The zero-order valence-electron chi connectivity index (χ0n) is 17.1. The molecule has 1 aliphatic heterocycles. The molecule has 0 unspecified atom stereocenters. The fraction of sp³-hybridized carbons (Fsp3) is 0.591. The predicted octanol–water partition coefficient (Wildman–Crippen LogP) is 4.30. The summed E-state index contributed by atoms with van der Waals surface area (Å²) < 4.78 is 6.05. The summed E-state index contributed by atoms with van der Waals surface area (Å²) in [7, 11) is 0. The summed E-state index contributed by atoms with van der Waals surface area (Å²) in [4.78, 5) is 7.22. The molecule has 1 aromatic carbocycles. The van der Waals surface area contributed by atoms with E-state index in [0.29, 0.717) is 18.3 Å². The standard InChI is InChI=1S/C22H30N4OS/c1-21(2,3)18(16-27-17-10-6-4-7-11-17)24-19-22(12-8-5-9-13-22)26(15-14-23)20(28)25-19/h4,6-7,10-11,18H,5,8-9,12-13,15-16H2,1-3H3,(H,24,25,28)/t18-/m1/s1. The molecular formula is C22H30N4OS. The second kappa shape index (κ2) is 8.48. The van der Waals surface area contributed by atoms with Crippen LogP contribution in [0.2, 0.25) is 0 Å². The number of thiocarbonyl (C=S) groups is 1. The molecule has 6 heteroatoms. The van der Waals surface area contributed by atoms with Gasteiger partial charge >= 0.3 is 0 Å². The summed E-state index contributed by atoms with van der Waals surface area (Å²) >= 11 is 5.58. The van der Waals surface area contributed by atoms with Gasteiger partial charge in [0.05, 0.1) is 12.1 Å². The smallest absolute Gasteiger partial charge is 0.176 e. The van der Waals surface area contributed by atoms with Crippen LogP contribution in [0.3, 0.4) is 0 Å². The summed E-state index contributed by atoms with van der Waals surface area (Å²) in [6.45, 7) is 7.35. The predicted molar refractivity (Wildman–Crippen MR) is 116 cm³/mol. The fourth-order valence-corrected chi connectivity index (χ4v) is 4.36. The molecule has 1 N–H and O–H groups in total. The van der Waals surface area contributed by atoms with E-state index in [4.69, 9.17) is 21.9 Å². The van der Waals surface area contributed by atoms with Gasteiger partial charge in [-0.2, -0.15) is 5.26 Å². The molecule has 28 heavy (non-hydrogen) atoms. The average Bonchev–Trinajstić information content (AvgIpc) is 2.91. The topological polar surface area (TPSA) is 60.6 Å². The lowest BCUT2D eigenvalue weighted by atomic mass is 9.79. The average molecular weight is 399 g/mol. The third-order valence-electron chi connectivity index (χ3n) is 5.77. The number of ether oxygens (including phenoxy) is 1. The molecule has 1 heterocycles. The number of para-hydroxylation sites is 1. The summed E-state index contributed by atoms with van der Waals surface area (Å²) in [6, 6.07) is 12.1. The van der Waals surface area contributed by atoms with E-state index in [9.17, 15) is 5.26 Å². The quantitative estimate of drug-likeness (QED) is 0.592. The number of nitriles is 1. The van der Waals surface area contributed by atoms with Gasteiger partial charge in [-0.1, -0.05) is 58.2 Å². The Balaban J connectivity index is 1.89. The van der Waals surface area contributed by atoms with Crippen molar-refractivity contribution in [3.05, 3.63) is 30.3 Å². The lowest BCUT2D eigenvalue weighted by Crippen LogP contribution is -2.51. The molecule has 150 valence electrons. The van der Waals surface area contributed by atoms with Crippen molar-refractivity contribution in [3.63, 3.8) is 0 Å². The SMILES string of the molecule is CC(C)(C)[C@@H](COc1ccccc1)N=C1NC(=S)N(CC#N)C12CCCCC2. The summed E-state index contributed by atoms with van der Waals surface area (Å²) in [5, 5.41) is 13.3. The van der Waals surface area contributed by atoms with Gasteiger partial charge in [-0.15, -0.1) is 0 Å². The summed E-state index contributed by atoms with van der Waals surface area (Å²) in [6.07, 6.45) is 5.45. The highest BCUT2D eigenvalue weighted by molar-refractivity contribution is 7.80. The van der Waals surface area contributed by atoms with Crippen molar-refractivity contribution < 1.29 is 4.74 Å². The number of aliphatic imine (C=N–C) groups is 1. The van der Waals surface area contributed by atoms with Gasteiger partial charge in [-0.25, -0.2) is 0 Å². The molecular weight excluding hydrogens is 368 g/mol. The zero-order valence-corrected chi connectivity index (χ0v) is 17.9. The van der Waals surface area contributed by atoms with Gasteiger partial charge in [-0.05, 0) is 42.6 Å². The second-order valence-corrected chi connectivity index (χ2v) is 9.14. The molecule has 1 aliphatic carbocycles. The van der Waals surface area contributed by atoms with Gasteiger partial charge in [-0.3, -0.25) is 4.99 Å². The second-order valence-electron chi connectivity index (χ2n) is 8.75. The number of hydrogen-bond acceptors (Lipinski definition) is 4. The van der Waals surface area contributed by atoms with Gasteiger partial charge in [0.1, 0.15) is 30.3 Å². The van der Waals surface area contributed by atoms with Crippen LogP contribution < -0.4 is 10.1 Å². The van der Waals surface area contributed by atoms with E-state index in [0.717, 1.165) is 37.3 Å².